The molecular weight excluding hydrogens is 376 g/mol. The van der Waals surface area contributed by atoms with Crippen LogP contribution in [0.15, 0.2) is 53.4 Å². The summed E-state index contributed by atoms with van der Waals surface area (Å²) in [5.41, 5.74) is 2.30. The molecule has 1 fully saturated rings. The topological polar surface area (TPSA) is 75.7 Å². The molecule has 2 aromatic rings. The molecule has 0 bridgehead atoms. The average Bonchev–Trinajstić information content (AvgIpc) is 3.21. The van der Waals surface area contributed by atoms with Crippen LogP contribution in [0.2, 0.25) is 0 Å². The SMILES string of the molecule is Cc1cccc(N(CC(=O)NCC2CCCO2)S(=O)(=O)c2ccccc2)c1C. The van der Waals surface area contributed by atoms with Crippen molar-refractivity contribution in [2.75, 3.05) is 24.0 Å². The van der Waals surface area contributed by atoms with Crippen molar-refractivity contribution in [1.82, 2.24) is 5.32 Å². The van der Waals surface area contributed by atoms with Gasteiger partial charge in [-0.25, -0.2) is 8.42 Å². The van der Waals surface area contributed by atoms with E-state index in [1.807, 2.05) is 19.9 Å². The van der Waals surface area contributed by atoms with Gasteiger partial charge in [0.15, 0.2) is 0 Å². The second-order valence-electron chi connectivity index (χ2n) is 6.98. The van der Waals surface area contributed by atoms with E-state index in [1.165, 1.54) is 16.4 Å². The standard InChI is InChI=1S/C21H26N2O4S/c1-16-8-6-12-20(17(16)2)23(28(25,26)19-10-4-3-5-11-19)15-21(24)22-14-18-9-7-13-27-18/h3-6,8,10-12,18H,7,9,13-15H2,1-2H3,(H,22,24). The predicted molar refractivity (Wildman–Crippen MR) is 109 cm³/mol. The van der Waals surface area contributed by atoms with E-state index in [-0.39, 0.29) is 23.5 Å². The van der Waals surface area contributed by atoms with Crippen LogP contribution in [-0.4, -0.2) is 40.1 Å². The number of carbonyl (C=O) groups is 1. The molecule has 1 heterocycles. The number of nitrogens with one attached hydrogen (secondary N) is 1. The maximum Gasteiger partial charge on any atom is 0.264 e. The van der Waals surface area contributed by atoms with Crippen LogP contribution in [-0.2, 0) is 19.6 Å². The lowest BCUT2D eigenvalue weighted by Gasteiger charge is -2.26. The number of ether oxygens (including phenoxy) is 1. The van der Waals surface area contributed by atoms with Crippen molar-refractivity contribution in [3.8, 4) is 0 Å². The summed E-state index contributed by atoms with van der Waals surface area (Å²) in [5, 5.41) is 2.81. The van der Waals surface area contributed by atoms with Gasteiger partial charge in [-0.3, -0.25) is 9.10 Å². The largest absolute Gasteiger partial charge is 0.376 e. The Kier molecular flexibility index (Phi) is 6.36. The first-order valence-corrected chi connectivity index (χ1v) is 10.9. The molecule has 1 N–H and O–H groups in total. The number of amides is 1. The third-order valence-corrected chi connectivity index (χ3v) is 6.79. The number of rotatable bonds is 7. The molecule has 150 valence electrons. The Morgan fingerprint density at radius 2 is 1.89 bits per heavy atom. The van der Waals surface area contributed by atoms with Crippen LogP contribution in [0.4, 0.5) is 5.69 Å². The fourth-order valence-electron chi connectivity index (χ4n) is 3.24. The zero-order valence-electron chi connectivity index (χ0n) is 16.2. The van der Waals surface area contributed by atoms with Crippen LogP contribution in [0.3, 0.4) is 0 Å². The molecule has 28 heavy (non-hydrogen) atoms. The summed E-state index contributed by atoms with van der Waals surface area (Å²) in [6, 6.07) is 13.6. The van der Waals surface area contributed by atoms with E-state index in [9.17, 15) is 13.2 Å². The number of benzene rings is 2. The van der Waals surface area contributed by atoms with Gasteiger partial charge >= 0.3 is 0 Å². The number of hydrogen-bond donors (Lipinski definition) is 1. The van der Waals surface area contributed by atoms with Crippen molar-refractivity contribution in [2.45, 2.75) is 37.7 Å². The molecule has 1 aliphatic heterocycles. The lowest BCUT2D eigenvalue weighted by Crippen LogP contribution is -2.43. The molecule has 0 aliphatic carbocycles. The molecule has 0 saturated carbocycles. The van der Waals surface area contributed by atoms with E-state index in [1.54, 1.807) is 30.3 Å². The highest BCUT2D eigenvalue weighted by Gasteiger charge is 2.28. The first-order valence-electron chi connectivity index (χ1n) is 9.42. The molecule has 6 nitrogen and oxygen atoms in total. The third kappa shape index (κ3) is 4.54. The number of hydrogen-bond acceptors (Lipinski definition) is 4. The van der Waals surface area contributed by atoms with E-state index in [0.717, 1.165) is 24.0 Å². The minimum Gasteiger partial charge on any atom is -0.376 e. The highest BCUT2D eigenvalue weighted by atomic mass is 32.2. The van der Waals surface area contributed by atoms with E-state index in [2.05, 4.69) is 5.32 Å². The van der Waals surface area contributed by atoms with Gasteiger partial charge in [0.1, 0.15) is 6.54 Å². The molecule has 2 aromatic carbocycles. The van der Waals surface area contributed by atoms with Crippen LogP contribution in [0, 0.1) is 13.8 Å². The quantitative estimate of drug-likeness (QED) is 0.773. The molecule has 1 saturated heterocycles. The summed E-state index contributed by atoms with van der Waals surface area (Å²) in [7, 11) is -3.88. The summed E-state index contributed by atoms with van der Waals surface area (Å²) in [6.45, 7) is 4.60. The highest BCUT2D eigenvalue weighted by molar-refractivity contribution is 7.92. The first-order chi connectivity index (χ1) is 13.4. The number of carbonyl (C=O) groups excluding carboxylic acids is 1. The second-order valence-corrected chi connectivity index (χ2v) is 8.85. The Balaban J connectivity index is 1.88. The minimum atomic E-state index is -3.88. The smallest absolute Gasteiger partial charge is 0.264 e. The zero-order chi connectivity index (χ0) is 20.1. The summed E-state index contributed by atoms with van der Waals surface area (Å²) >= 11 is 0. The van der Waals surface area contributed by atoms with Crippen molar-refractivity contribution in [3.63, 3.8) is 0 Å². The van der Waals surface area contributed by atoms with Gasteiger partial charge < -0.3 is 10.1 Å². The highest BCUT2D eigenvalue weighted by Crippen LogP contribution is 2.28. The van der Waals surface area contributed by atoms with Gasteiger partial charge in [-0.15, -0.1) is 0 Å². The number of anilines is 1. The molecule has 3 rings (SSSR count). The van der Waals surface area contributed by atoms with E-state index in [4.69, 9.17) is 4.74 Å². The molecular formula is C21H26N2O4S. The van der Waals surface area contributed by atoms with Crippen LogP contribution in [0.1, 0.15) is 24.0 Å². The van der Waals surface area contributed by atoms with Gasteiger partial charge in [-0.05, 0) is 56.0 Å². The van der Waals surface area contributed by atoms with Crippen LogP contribution < -0.4 is 9.62 Å². The summed E-state index contributed by atoms with van der Waals surface area (Å²) in [5.74, 6) is -0.351. The number of aryl methyl sites for hydroxylation is 1. The van der Waals surface area contributed by atoms with Gasteiger partial charge in [0.2, 0.25) is 5.91 Å². The fraction of sp³-hybridized carbons (Fsp3) is 0.381. The Morgan fingerprint density at radius 3 is 2.57 bits per heavy atom. The van der Waals surface area contributed by atoms with E-state index in [0.29, 0.717) is 18.8 Å². The number of nitrogens with zero attached hydrogens (tertiary/aromatic N) is 1. The Hall–Kier alpha value is -2.38. The van der Waals surface area contributed by atoms with Gasteiger partial charge in [0.05, 0.1) is 16.7 Å². The fourth-order valence-corrected chi connectivity index (χ4v) is 4.74. The van der Waals surface area contributed by atoms with Crippen molar-refractivity contribution < 1.29 is 17.9 Å². The monoisotopic (exact) mass is 402 g/mol. The van der Waals surface area contributed by atoms with Crippen molar-refractivity contribution >= 4 is 21.6 Å². The van der Waals surface area contributed by atoms with Gasteiger partial charge in [-0.1, -0.05) is 30.3 Å². The van der Waals surface area contributed by atoms with Crippen molar-refractivity contribution in [2.24, 2.45) is 0 Å². The Bertz CT molecular complexity index is 923. The maximum atomic E-state index is 13.3. The molecule has 1 atom stereocenters. The van der Waals surface area contributed by atoms with Gasteiger partial charge in [0, 0.05) is 13.2 Å². The Labute approximate surface area is 166 Å². The average molecular weight is 403 g/mol. The molecule has 7 heteroatoms. The third-order valence-electron chi connectivity index (χ3n) is 5.01. The van der Waals surface area contributed by atoms with E-state index < -0.39 is 10.0 Å². The summed E-state index contributed by atoms with van der Waals surface area (Å²) in [6.07, 6.45) is 1.89. The number of sulfonamides is 1. The molecule has 0 spiro atoms. The normalized spacial score (nSPS) is 16.7. The zero-order valence-corrected chi connectivity index (χ0v) is 17.0. The molecule has 1 amide bonds. The molecule has 1 unspecified atom stereocenters. The predicted octanol–water partition coefficient (Wildman–Crippen LogP) is 2.79. The van der Waals surface area contributed by atoms with E-state index >= 15 is 0 Å². The minimum absolute atomic E-state index is 0.00355. The lowest BCUT2D eigenvalue weighted by molar-refractivity contribution is -0.120. The Morgan fingerprint density at radius 1 is 1.14 bits per heavy atom. The van der Waals surface area contributed by atoms with Gasteiger partial charge in [-0.2, -0.15) is 0 Å². The lowest BCUT2D eigenvalue weighted by atomic mass is 10.1. The summed E-state index contributed by atoms with van der Waals surface area (Å²) in [4.78, 5) is 12.7. The first kappa shape index (κ1) is 20.4. The van der Waals surface area contributed by atoms with Gasteiger partial charge in [0.25, 0.3) is 10.0 Å². The molecule has 0 radical (unpaired) electrons. The van der Waals surface area contributed by atoms with Crippen molar-refractivity contribution in [3.05, 3.63) is 59.7 Å². The maximum absolute atomic E-state index is 13.3. The van der Waals surface area contributed by atoms with Crippen LogP contribution in [0.5, 0.6) is 0 Å². The molecule has 1 aliphatic rings. The van der Waals surface area contributed by atoms with Crippen LogP contribution >= 0.6 is 0 Å². The summed E-state index contributed by atoms with van der Waals surface area (Å²) < 4.78 is 33.3. The molecule has 0 aromatic heterocycles. The second kappa shape index (κ2) is 8.75. The van der Waals surface area contributed by atoms with Crippen LogP contribution in [0.25, 0.3) is 0 Å². The van der Waals surface area contributed by atoms with Crippen molar-refractivity contribution in [1.29, 1.82) is 0 Å².